The molecule has 0 spiro atoms. The molecule has 30 heavy (non-hydrogen) atoms. The maximum Gasteiger partial charge on any atom is 0.253 e. The normalized spacial score (nSPS) is 28.1. The number of carbonyl (C=O) groups is 1. The number of amides is 1. The maximum atomic E-state index is 12.7. The Labute approximate surface area is 179 Å². The van der Waals surface area contributed by atoms with Crippen LogP contribution in [0.15, 0.2) is 48.8 Å². The molecule has 1 aromatic carbocycles. The van der Waals surface area contributed by atoms with Crippen molar-refractivity contribution in [1.29, 1.82) is 0 Å². The first kappa shape index (κ1) is 19.7. The van der Waals surface area contributed by atoms with Crippen molar-refractivity contribution >= 4 is 5.91 Å². The van der Waals surface area contributed by atoms with Crippen LogP contribution < -0.4 is 0 Å². The fraction of sp³-hybridized carbons (Fsp3) is 0.520. The molecule has 3 saturated heterocycles. The number of aromatic nitrogens is 1. The van der Waals surface area contributed by atoms with Gasteiger partial charge in [0.05, 0.1) is 0 Å². The van der Waals surface area contributed by atoms with Gasteiger partial charge in [-0.15, -0.1) is 0 Å². The smallest absolute Gasteiger partial charge is 0.253 e. The number of fused-ring (bicyclic) bond motifs is 1. The highest BCUT2D eigenvalue weighted by Crippen LogP contribution is 2.45. The van der Waals surface area contributed by atoms with E-state index >= 15 is 0 Å². The summed E-state index contributed by atoms with van der Waals surface area (Å²) in [6, 6.07) is 13.7. The first-order valence-corrected chi connectivity index (χ1v) is 11.3. The van der Waals surface area contributed by atoms with Gasteiger partial charge in [0.1, 0.15) is 0 Å². The zero-order valence-corrected chi connectivity index (χ0v) is 18.1. The molecule has 0 aliphatic carbocycles. The Bertz CT molecular complexity index is 893. The molecule has 3 aliphatic rings. The predicted molar refractivity (Wildman–Crippen MR) is 118 cm³/mol. The van der Waals surface area contributed by atoms with Crippen molar-refractivity contribution in [2.75, 3.05) is 39.8 Å². The summed E-state index contributed by atoms with van der Waals surface area (Å²) in [5.41, 5.74) is 3.67. The second-order valence-electron chi connectivity index (χ2n) is 9.38. The maximum absolute atomic E-state index is 12.7. The lowest BCUT2D eigenvalue weighted by Crippen LogP contribution is -2.46. The number of likely N-dealkylation sites (tertiary alicyclic amines) is 3. The van der Waals surface area contributed by atoms with E-state index in [2.05, 4.69) is 53.0 Å². The molecular formula is C25H32N4O. The molecular weight excluding hydrogens is 372 g/mol. The Morgan fingerprint density at radius 3 is 2.47 bits per heavy atom. The highest BCUT2D eigenvalue weighted by molar-refractivity contribution is 5.94. The summed E-state index contributed by atoms with van der Waals surface area (Å²) in [7, 11) is 2.29. The van der Waals surface area contributed by atoms with Gasteiger partial charge in [-0.2, -0.15) is 0 Å². The number of benzene rings is 1. The van der Waals surface area contributed by atoms with Crippen molar-refractivity contribution in [1.82, 2.24) is 19.7 Å². The summed E-state index contributed by atoms with van der Waals surface area (Å²) in [4.78, 5) is 24.1. The SMILES string of the molecule is Cc1ccccc1[C@@H]1[C@@H]2CN(C3CCN(C(=O)c4ccncc4)CC3)C[C@@H]2CN1C. The fourth-order valence-electron chi connectivity index (χ4n) is 6.09. The minimum atomic E-state index is 0.149. The lowest BCUT2D eigenvalue weighted by atomic mass is 9.88. The fourth-order valence-corrected chi connectivity index (χ4v) is 6.09. The Hall–Kier alpha value is -2.24. The molecule has 1 amide bonds. The van der Waals surface area contributed by atoms with Crippen LogP contribution in [0.5, 0.6) is 0 Å². The molecule has 0 saturated carbocycles. The van der Waals surface area contributed by atoms with Crippen molar-refractivity contribution in [2.24, 2.45) is 11.8 Å². The number of pyridine rings is 1. The van der Waals surface area contributed by atoms with Crippen LogP contribution in [0, 0.1) is 18.8 Å². The first-order chi connectivity index (χ1) is 14.6. The van der Waals surface area contributed by atoms with E-state index in [0.29, 0.717) is 18.0 Å². The van der Waals surface area contributed by atoms with Gasteiger partial charge in [-0.1, -0.05) is 24.3 Å². The molecule has 0 bridgehead atoms. The molecule has 3 aliphatic heterocycles. The van der Waals surface area contributed by atoms with Gasteiger partial charge < -0.3 is 4.90 Å². The minimum Gasteiger partial charge on any atom is -0.339 e. The van der Waals surface area contributed by atoms with Crippen molar-refractivity contribution in [3.8, 4) is 0 Å². The van der Waals surface area contributed by atoms with Gasteiger partial charge >= 0.3 is 0 Å². The van der Waals surface area contributed by atoms with Gasteiger partial charge in [-0.25, -0.2) is 0 Å². The summed E-state index contributed by atoms with van der Waals surface area (Å²) in [5.74, 6) is 1.62. The van der Waals surface area contributed by atoms with Gasteiger partial charge in [-0.05, 0) is 61.9 Å². The lowest BCUT2D eigenvalue weighted by Gasteiger charge is -2.38. The van der Waals surface area contributed by atoms with Crippen LogP contribution in [0.4, 0.5) is 0 Å². The molecule has 5 rings (SSSR count). The van der Waals surface area contributed by atoms with E-state index in [1.165, 1.54) is 30.8 Å². The molecule has 0 unspecified atom stereocenters. The van der Waals surface area contributed by atoms with Crippen LogP contribution in [-0.2, 0) is 0 Å². The third-order valence-corrected chi connectivity index (χ3v) is 7.63. The van der Waals surface area contributed by atoms with E-state index < -0.39 is 0 Å². The highest BCUT2D eigenvalue weighted by atomic mass is 16.2. The van der Waals surface area contributed by atoms with Crippen LogP contribution in [0.25, 0.3) is 0 Å². The number of carbonyl (C=O) groups excluding carboxylic acids is 1. The Morgan fingerprint density at radius 1 is 1.00 bits per heavy atom. The lowest BCUT2D eigenvalue weighted by molar-refractivity contribution is 0.0628. The summed E-state index contributed by atoms with van der Waals surface area (Å²) in [5, 5.41) is 0. The van der Waals surface area contributed by atoms with E-state index in [1.54, 1.807) is 12.4 Å². The van der Waals surface area contributed by atoms with Gasteiger partial charge in [-0.3, -0.25) is 19.6 Å². The summed E-state index contributed by atoms with van der Waals surface area (Å²) in [6.07, 6.45) is 5.57. The summed E-state index contributed by atoms with van der Waals surface area (Å²) < 4.78 is 0. The highest BCUT2D eigenvalue weighted by Gasteiger charge is 2.47. The standard InChI is InChI=1S/C25H32N4O/c1-18-5-3-4-6-22(18)24-23-17-29(16-20(23)15-27(24)2)21-9-13-28(14-10-21)25(30)19-7-11-26-12-8-19/h3-8,11-12,20-21,23-24H,9-10,13-17H2,1-2H3/t20-,23+,24+/m0/s1. The monoisotopic (exact) mass is 404 g/mol. The van der Waals surface area contributed by atoms with E-state index in [9.17, 15) is 4.79 Å². The largest absolute Gasteiger partial charge is 0.339 e. The van der Waals surface area contributed by atoms with Gasteiger partial charge in [0, 0.05) is 62.8 Å². The number of piperidine rings is 1. The van der Waals surface area contributed by atoms with Crippen LogP contribution in [0.3, 0.4) is 0 Å². The topological polar surface area (TPSA) is 39.7 Å². The third-order valence-electron chi connectivity index (χ3n) is 7.63. The Morgan fingerprint density at radius 2 is 1.73 bits per heavy atom. The molecule has 1 aromatic heterocycles. The molecule has 0 N–H and O–H groups in total. The van der Waals surface area contributed by atoms with E-state index in [0.717, 1.165) is 37.4 Å². The second kappa shape index (κ2) is 8.12. The minimum absolute atomic E-state index is 0.149. The molecule has 158 valence electrons. The number of aryl methyl sites for hydroxylation is 1. The molecule has 2 aromatic rings. The zero-order valence-electron chi connectivity index (χ0n) is 18.1. The number of nitrogens with zero attached hydrogens (tertiary/aromatic N) is 4. The van der Waals surface area contributed by atoms with Crippen LogP contribution >= 0.6 is 0 Å². The van der Waals surface area contributed by atoms with Crippen molar-refractivity contribution in [2.45, 2.75) is 31.8 Å². The number of rotatable bonds is 3. The molecule has 3 atom stereocenters. The van der Waals surface area contributed by atoms with E-state index in [4.69, 9.17) is 0 Å². The van der Waals surface area contributed by atoms with Crippen LogP contribution in [-0.4, -0.2) is 71.4 Å². The van der Waals surface area contributed by atoms with Gasteiger partial charge in [0.25, 0.3) is 5.91 Å². The molecule has 0 radical (unpaired) electrons. The molecule has 3 fully saturated rings. The average molecular weight is 405 g/mol. The van der Waals surface area contributed by atoms with Gasteiger partial charge in [0.2, 0.25) is 0 Å². The van der Waals surface area contributed by atoms with Gasteiger partial charge in [0.15, 0.2) is 0 Å². The van der Waals surface area contributed by atoms with Crippen LogP contribution in [0.1, 0.15) is 40.4 Å². The second-order valence-corrected chi connectivity index (χ2v) is 9.38. The number of hydrogen-bond acceptors (Lipinski definition) is 4. The molecule has 4 heterocycles. The van der Waals surface area contributed by atoms with E-state index in [-0.39, 0.29) is 5.91 Å². The van der Waals surface area contributed by atoms with E-state index in [1.807, 2.05) is 17.0 Å². The Kier molecular flexibility index (Phi) is 5.34. The van der Waals surface area contributed by atoms with Crippen LogP contribution in [0.2, 0.25) is 0 Å². The van der Waals surface area contributed by atoms with Crippen molar-refractivity contribution in [3.63, 3.8) is 0 Å². The third kappa shape index (κ3) is 3.54. The number of hydrogen-bond donors (Lipinski definition) is 0. The molecule has 5 nitrogen and oxygen atoms in total. The Balaban J connectivity index is 1.22. The zero-order chi connectivity index (χ0) is 20.7. The van der Waals surface area contributed by atoms with Crippen molar-refractivity contribution in [3.05, 3.63) is 65.5 Å². The average Bonchev–Trinajstić information content (AvgIpc) is 3.31. The molecule has 5 heteroatoms. The summed E-state index contributed by atoms with van der Waals surface area (Å²) in [6.45, 7) is 7.56. The first-order valence-electron chi connectivity index (χ1n) is 11.3. The summed E-state index contributed by atoms with van der Waals surface area (Å²) >= 11 is 0. The van der Waals surface area contributed by atoms with Crippen molar-refractivity contribution < 1.29 is 4.79 Å². The quantitative estimate of drug-likeness (QED) is 0.788. The predicted octanol–water partition coefficient (Wildman–Crippen LogP) is 3.23.